The van der Waals surface area contributed by atoms with Crippen LogP contribution >= 0.6 is 0 Å². The lowest BCUT2D eigenvalue weighted by atomic mass is 10.4. The molecule has 1 aromatic rings. The first-order valence-corrected chi connectivity index (χ1v) is 5.66. The predicted molar refractivity (Wildman–Crippen MR) is 65.7 cm³/mol. The van der Waals surface area contributed by atoms with Crippen molar-refractivity contribution in [1.29, 1.82) is 0 Å². The highest BCUT2D eigenvalue weighted by molar-refractivity contribution is 5.81. The average molecular weight is 269 g/mol. The standard InChI is InChI=1S/C11H15N3O5/c1-3-19-9(16)4-12-8(15)6-14-5-7(2)10(17)13-11(14)18/h5H,3-4,6H2,1-2H3,(H,12,15)(H,13,17,18). The molecule has 0 aromatic carbocycles. The van der Waals surface area contributed by atoms with E-state index in [1.165, 1.54) is 13.1 Å². The summed E-state index contributed by atoms with van der Waals surface area (Å²) >= 11 is 0. The van der Waals surface area contributed by atoms with Gasteiger partial charge in [0.05, 0.1) is 6.61 Å². The molecule has 0 radical (unpaired) electrons. The van der Waals surface area contributed by atoms with E-state index in [1.54, 1.807) is 6.92 Å². The van der Waals surface area contributed by atoms with Crippen molar-refractivity contribution < 1.29 is 14.3 Å². The van der Waals surface area contributed by atoms with Gasteiger partial charge in [0.2, 0.25) is 5.91 Å². The van der Waals surface area contributed by atoms with Crippen LogP contribution in [0.2, 0.25) is 0 Å². The molecule has 1 amide bonds. The van der Waals surface area contributed by atoms with Crippen molar-refractivity contribution in [3.8, 4) is 0 Å². The van der Waals surface area contributed by atoms with E-state index in [4.69, 9.17) is 0 Å². The normalized spacial score (nSPS) is 10.0. The minimum atomic E-state index is -0.679. The Bertz CT molecular complexity index is 587. The van der Waals surface area contributed by atoms with E-state index in [1.807, 2.05) is 0 Å². The summed E-state index contributed by atoms with van der Waals surface area (Å²) in [6, 6.07) is 0. The molecule has 1 aromatic heterocycles. The lowest BCUT2D eigenvalue weighted by Gasteiger charge is -2.07. The van der Waals surface area contributed by atoms with Gasteiger partial charge in [0.25, 0.3) is 5.56 Å². The average Bonchev–Trinajstić information content (AvgIpc) is 2.34. The second kappa shape index (κ2) is 6.53. The smallest absolute Gasteiger partial charge is 0.328 e. The number of nitrogens with one attached hydrogen (secondary N) is 2. The Morgan fingerprint density at radius 1 is 1.42 bits per heavy atom. The number of nitrogens with zero attached hydrogens (tertiary/aromatic N) is 1. The third-order valence-corrected chi connectivity index (χ3v) is 2.24. The van der Waals surface area contributed by atoms with Crippen molar-refractivity contribution in [2.75, 3.05) is 13.2 Å². The summed E-state index contributed by atoms with van der Waals surface area (Å²) in [7, 11) is 0. The van der Waals surface area contributed by atoms with Gasteiger partial charge in [-0.3, -0.25) is 23.9 Å². The summed E-state index contributed by atoms with van der Waals surface area (Å²) in [6.45, 7) is 2.86. The Hall–Kier alpha value is -2.38. The van der Waals surface area contributed by atoms with Crippen LogP contribution in [-0.4, -0.2) is 34.6 Å². The van der Waals surface area contributed by atoms with Crippen molar-refractivity contribution in [3.63, 3.8) is 0 Å². The molecule has 0 bridgehead atoms. The zero-order valence-electron chi connectivity index (χ0n) is 10.7. The molecule has 19 heavy (non-hydrogen) atoms. The number of amides is 1. The maximum Gasteiger partial charge on any atom is 0.328 e. The van der Waals surface area contributed by atoms with Crippen LogP contribution in [0, 0.1) is 6.92 Å². The van der Waals surface area contributed by atoms with E-state index in [-0.39, 0.29) is 19.7 Å². The number of carbonyl (C=O) groups is 2. The highest BCUT2D eigenvalue weighted by Crippen LogP contribution is 1.85. The van der Waals surface area contributed by atoms with Crippen LogP contribution in [-0.2, 0) is 20.9 Å². The van der Waals surface area contributed by atoms with Crippen molar-refractivity contribution >= 4 is 11.9 Å². The van der Waals surface area contributed by atoms with Gasteiger partial charge in [-0.25, -0.2) is 4.79 Å². The maximum atomic E-state index is 11.5. The zero-order valence-corrected chi connectivity index (χ0v) is 10.7. The molecule has 1 rings (SSSR count). The fourth-order valence-corrected chi connectivity index (χ4v) is 1.33. The SMILES string of the molecule is CCOC(=O)CNC(=O)Cn1cc(C)c(=O)[nH]c1=O. The van der Waals surface area contributed by atoms with Gasteiger partial charge in [0.15, 0.2) is 0 Å². The molecule has 8 heteroatoms. The summed E-state index contributed by atoms with van der Waals surface area (Å²) < 4.78 is 5.68. The molecule has 8 nitrogen and oxygen atoms in total. The van der Waals surface area contributed by atoms with Crippen LogP contribution in [0.3, 0.4) is 0 Å². The third-order valence-electron chi connectivity index (χ3n) is 2.24. The van der Waals surface area contributed by atoms with E-state index in [2.05, 4.69) is 15.0 Å². The molecule has 2 N–H and O–H groups in total. The molecule has 0 aliphatic heterocycles. The fourth-order valence-electron chi connectivity index (χ4n) is 1.33. The number of ether oxygens (including phenoxy) is 1. The summed E-state index contributed by atoms with van der Waals surface area (Å²) in [5, 5.41) is 2.31. The minimum Gasteiger partial charge on any atom is -0.465 e. The van der Waals surface area contributed by atoms with Gasteiger partial charge in [0, 0.05) is 11.8 Å². The van der Waals surface area contributed by atoms with Gasteiger partial charge in [0.1, 0.15) is 13.1 Å². The van der Waals surface area contributed by atoms with Crippen molar-refractivity contribution in [3.05, 3.63) is 32.6 Å². The Labute approximate surface area is 108 Å². The number of hydrogen-bond donors (Lipinski definition) is 2. The Balaban J connectivity index is 2.63. The van der Waals surface area contributed by atoms with Crippen LogP contribution in [0.25, 0.3) is 0 Å². The molecule has 0 spiro atoms. The number of aromatic nitrogens is 2. The summed E-state index contributed by atoms with van der Waals surface area (Å²) in [5.74, 6) is -1.08. The quantitative estimate of drug-likeness (QED) is 0.634. The van der Waals surface area contributed by atoms with E-state index < -0.39 is 23.1 Å². The molecule has 0 saturated carbocycles. The maximum absolute atomic E-state index is 11.5. The first-order chi connectivity index (χ1) is 8.93. The molecule has 104 valence electrons. The minimum absolute atomic E-state index is 0.229. The number of esters is 1. The van der Waals surface area contributed by atoms with E-state index in [0.717, 1.165) is 4.57 Å². The lowest BCUT2D eigenvalue weighted by molar-refractivity contribution is -0.143. The van der Waals surface area contributed by atoms with E-state index in [9.17, 15) is 19.2 Å². The van der Waals surface area contributed by atoms with Crippen molar-refractivity contribution in [1.82, 2.24) is 14.9 Å². The van der Waals surface area contributed by atoms with Crippen LogP contribution < -0.4 is 16.6 Å². The Morgan fingerprint density at radius 2 is 2.11 bits per heavy atom. The predicted octanol–water partition coefficient (Wildman–Crippen LogP) is -1.48. The van der Waals surface area contributed by atoms with Gasteiger partial charge in [-0.2, -0.15) is 0 Å². The van der Waals surface area contributed by atoms with Gasteiger partial charge < -0.3 is 10.1 Å². The molecule has 0 aliphatic carbocycles. The van der Waals surface area contributed by atoms with Crippen LogP contribution in [0.15, 0.2) is 15.8 Å². The second-order valence-corrected chi connectivity index (χ2v) is 3.78. The number of aryl methyl sites for hydroxylation is 1. The molecular formula is C11H15N3O5. The number of rotatable bonds is 5. The molecule has 1 heterocycles. The number of aromatic amines is 1. The highest BCUT2D eigenvalue weighted by Gasteiger charge is 2.08. The summed E-state index contributed by atoms with van der Waals surface area (Å²) in [5.41, 5.74) is -0.854. The van der Waals surface area contributed by atoms with Crippen molar-refractivity contribution in [2.24, 2.45) is 0 Å². The molecule has 0 fully saturated rings. The number of carbonyl (C=O) groups excluding carboxylic acids is 2. The van der Waals surface area contributed by atoms with Crippen LogP contribution in [0.5, 0.6) is 0 Å². The first-order valence-electron chi connectivity index (χ1n) is 5.66. The van der Waals surface area contributed by atoms with Gasteiger partial charge in [-0.1, -0.05) is 0 Å². The molecule has 0 aliphatic rings. The largest absolute Gasteiger partial charge is 0.465 e. The van der Waals surface area contributed by atoms with Crippen LogP contribution in [0.4, 0.5) is 0 Å². The lowest BCUT2D eigenvalue weighted by Crippen LogP contribution is -2.38. The molecular weight excluding hydrogens is 254 g/mol. The van der Waals surface area contributed by atoms with Gasteiger partial charge in [-0.05, 0) is 13.8 Å². The van der Waals surface area contributed by atoms with Gasteiger partial charge in [-0.15, -0.1) is 0 Å². The van der Waals surface area contributed by atoms with E-state index >= 15 is 0 Å². The number of hydrogen-bond acceptors (Lipinski definition) is 5. The monoisotopic (exact) mass is 269 g/mol. The summed E-state index contributed by atoms with van der Waals surface area (Å²) in [4.78, 5) is 47.1. The Kier molecular flexibility index (Phi) is 5.04. The zero-order chi connectivity index (χ0) is 14.4. The highest BCUT2D eigenvalue weighted by atomic mass is 16.5. The summed E-state index contributed by atoms with van der Waals surface area (Å²) in [6.07, 6.45) is 1.28. The van der Waals surface area contributed by atoms with Crippen molar-refractivity contribution in [2.45, 2.75) is 20.4 Å². The molecule has 0 saturated heterocycles. The van der Waals surface area contributed by atoms with E-state index in [0.29, 0.717) is 5.56 Å². The Morgan fingerprint density at radius 3 is 2.74 bits per heavy atom. The van der Waals surface area contributed by atoms with Gasteiger partial charge >= 0.3 is 11.7 Å². The second-order valence-electron chi connectivity index (χ2n) is 3.78. The molecule has 0 atom stereocenters. The van der Waals surface area contributed by atoms with Crippen LogP contribution in [0.1, 0.15) is 12.5 Å². The fraction of sp³-hybridized carbons (Fsp3) is 0.455. The first kappa shape index (κ1) is 14.7. The number of H-pyrrole nitrogens is 1. The molecule has 0 unspecified atom stereocenters. The third kappa shape index (κ3) is 4.41. The topological polar surface area (TPSA) is 110 Å².